The third kappa shape index (κ3) is 2.41. The molecule has 0 saturated heterocycles. The number of hydrogen-bond donors (Lipinski definition) is 1. The van der Waals surface area contributed by atoms with E-state index in [0.717, 1.165) is 6.42 Å². The predicted octanol–water partition coefficient (Wildman–Crippen LogP) is 2.57. The fraction of sp³-hybridized carbons (Fsp3) is 0.312. The van der Waals surface area contributed by atoms with E-state index in [0.29, 0.717) is 17.9 Å². The largest absolute Gasteiger partial charge is 0.370 e. The van der Waals surface area contributed by atoms with E-state index in [4.69, 9.17) is 5.73 Å². The highest BCUT2D eigenvalue weighted by Crippen LogP contribution is 2.44. The van der Waals surface area contributed by atoms with Crippen LogP contribution in [0.15, 0.2) is 47.5 Å². The second-order valence-electron chi connectivity index (χ2n) is 5.40. The van der Waals surface area contributed by atoms with Crippen molar-refractivity contribution in [3.05, 3.63) is 48.0 Å². The van der Waals surface area contributed by atoms with Gasteiger partial charge in [0.15, 0.2) is 5.96 Å². The van der Waals surface area contributed by atoms with Crippen LogP contribution >= 0.6 is 0 Å². The van der Waals surface area contributed by atoms with Gasteiger partial charge < -0.3 is 10.6 Å². The smallest absolute Gasteiger partial charge is 0.191 e. The van der Waals surface area contributed by atoms with Gasteiger partial charge in [-0.3, -0.25) is 0 Å². The minimum Gasteiger partial charge on any atom is -0.370 e. The molecule has 0 aliphatic heterocycles. The molecule has 3 nitrogen and oxygen atoms in total. The van der Waals surface area contributed by atoms with E-state index in [9.17, 15) is 0 Å². The molecular formula is C16H19N3. The van der Waals surface area contributed by atoms with E-state index in [1.165, 1.54) is 16.3 Å². The van der Waals surface area contributed by atoms with Crippen molar-refractivity contribution in [2.75, 3.05) is 14.1 Å². The zero-order valence-corrected chi connectivity index (χ0v) is 11.4. The highest BCUT2D eigenvalue weighted by molar-refractivity contribution is 5.83. The average Bonchev–Trinajstić information content (AvgIpc) is 3.17. The van der Waals surface area contributed by atoms with Crippen molar-refractivity contribution in [3.8, 4) is 0 Å². The second kappa shape index (κ2) is 4.57. The molecule has 1 fully saturated rings. The van der Waals surface area contributed by atoms with Crippen LogP contribution in [0.2, 0.25) is 0 Å². The topological polar surface area (TPSA) is 41.6 Å². The van der Waals surface area contributed by atoms with Crippen molar-refractivity contribution >= 4 is 16.7 Å². The number of rotatable bonds is 2. The molecule has 0 amide bonds. The Morgan fingerprint density at radius 2 is 1.89 bits per heavy atom. The number of hydrogen-bond acceptors (Lipinski definition) is 1. The monoisotopic (exact) mass is 253 g/mol. The van der Waals surface area contributed by atoms with Crippen molar-refractivity contribution in [1.29, 1.82) is 0 Å². The molecule has 1 saturated carbocycles. The molecule has 98 valence electrons. The van der Waals surface area contributed by atoms with Crippen LogP contribution in [0.4, 0.5) is 0 Å². The molecule has 0 spiro atoms. The minimum absolute atomic E-state index is 0.351. The zero-order chi connectivity index (χ0) is 13.4. The minimum atomic E-state index is 0.351. The summed E-state index contributed by atoms with van der Waals surface area (Å²) in [6.45, 7) is 0. The average molecular weight is 253 g/mol. The molecule has 1 aliphatic carbocycles. The summed E-state index contributed by atoms with van der Waals surface area (Å²) in [6, 6.07) is 15.5. The van der Waals surface area contributed by atoms with Gasteiger partial charge in [-0.1, -0.05) is 42.5 Å². The Kier molecular flexibility index (Phi) is 2.90. The normalized spacial score (nSPS) is 22.5. The van der Waals surface area contributed by atoms with Gasteiger partial charge in [0.25, 0.3) is 0 Å². The summed E-state index contributed by atoms with van der Waals surface area (Å²) in [5.74, 6) is 1.15. The number of fused-ring (bicyclic) bond motifs is 1. The van der Waals surface area contributed by atoms with Crippen molar-refractivity contribution < 1.29 is 0 Å². The van der Waals surface area contributed by atoms with E-state index < -0.39 is 0 Å². The third-order valence-corrected chi connectivity index (χ3v) is 3.71. The maximum Gasteiger partial charge on any atom is 0.191 e. The molecule has 2 aromatic carbocycles. The van der Waals surface area contributed by atoms with E-state index in [2.05, 4.69) is 47.5 Å². The van der Waals surface area contributed by atoms with E-state index in [1.807, 2.05) is 19.0 Å². The number of nitrogens with two attached hydrogens (primary N) is 1. The summed E-state index contributed by atoms with van der Waals surface area (Å²) in [4.78, 5) is 6.40. The molecule has 3 rings (SSSR count). The zero-order valence-electron chi connectivity index (χ0n) is 11.4. The Hall–Kier alpha value is -2.03. The van der Waals surface area contributed by atoms with Crippen molar-refractivity contribution in [2.24, 2.45) is 10.7 Å². The number of nitrogens with zero attached hydrogens (tertiary/aromatic N) is 2. The van der Waals surface area contributed by atoms with Gasteiger partial charge in [-0.15, -0.1) is 0 Å². The van der Waals surface area contributed by atoms with Crippen LogP contribution in [0, 0.1) is 0 Å². The van der Waals surface area contributed by atoms with Gasteiger partial charge in [-0.25, -0.2) is 4.99 Å². The number of benzene rings is 2. The van der Waals surface area contributed by atoms with Gasteiger partial charge in [0.2, 0.25) is 0 Å². The molecule has 2 N–H and O–H groups in total. The highest BCUT2D eigenvalue weighted by atomic mass is 15.2. The van der Waals surface area contributed by atoms with Crippen molar-refractivity contribution in [3.63, 3.8) is 0 Å². The van der Waals surface area contributed by atoms with Gasteiger partial charge in [0, 0.05) is 20.0 Å². The first-order valence-corrected chi connectivity index (χ1v) is 6.64. The Labute approximate surface area is 113 Å². The summed E-state index contributed by atoms with van der Waals surface area (Å²) in [5, 5.41) is 2.59. The van der Waals surface area contributed by atoms with Gasteiger partial charge in [-0.2, -0.15) is 0 Å². The molecule has 0 heterocycles. The maximum atomic E-state index is 5.86. The van der Waals surface area contributed by atoms with E-state index in [-0.39, 0.29) is 0 Å². The molecular weight excluding hydrogens is 234 g/mol. The van der Waals surface area contributed by atoms with Gasteiger partial charge >= 0.3 is 0 Å². The Bertz CT molecular complexity index is 631. The van der Waals surface area contributed by atoms with Gasteiger partial charge in [0.1, 0.15) is 0 Å². The predicted molar refractivity (Wildman–Crippen MR) is 80.4 cm³/mol. The first kappa shape index (κ1) is 12.0. The fourth-order valence-corrected chi connectivity index (χ4v) is 2.41. The Morgan fingerprint density at radius 3 is 2.63 bits per heavy atom. The lowest BCUT2D eigenvalue weighted by Gasteiger charge is -2.10. The van der Waals surface area contributed by atoms with E-state index >= 15 is 0 Å². The van der Waals surface area contributed by atoms with Crippen LogP contribution < -0.4 is 5.73 Å². The lowest BCUT2D eigenvalue weighted by atomic mass is 10.0. The summed E-state index contributed by atoms with van der Waals surface area (Å²) >= 11 is 0. The highest BCUT2D eigenvalue weighted by Gasteiger charge is 2.38. The quantitative estimate of drug-likeness (QED) is 0.660. The molecule has 3 heteroatoms. The third-order valence-electron chi connectivity index (χ3n) is 3.71. The van der Waals surface area contributed by atoms with Crippen LogP contribution in [0.3, 0.4) is 0 Å². The van der Waals surface area contributed by atoms with Crippen LogP contribution in [-0.2, 0) is 0 Å². The van der Waals surface area contributed by atoms with Crippen LogP contribution in [0.25, 0.3) is 10.8 Å². The molecule has 0 bridgehead atoms. The van der Waals surface area contributed by atoms with Crippen molar-refractivity contribution in [1.82, 2.24) is 4.90 Å². The SMILES string of the molecule is CN(C)C(N)=N[C@@H]1C[C@H]1c1ccc2ccccc2c1. The first-order valence-electron chi connectivity index (χ1n) is 6.64. The van der Waals surface area contributed by atoms with Gasteiger partial charge in [-0.05, 0) is 22.8 Å². The lowest BCUT2D eigenvalue weighted by Crippen LogP contribution is -2.30. The summed E-state index contributed by atoms with van der Waals surface area (Å²) in [7, 11) is 3.85. The van der Waals surface area contributed by atoms with Crippen LogP contribution in [0.1, 0.15) is 17.9 Å². The molecule has 2 aromatic rings. The molecule has 0 radical (unpaired) electrons. The Morgan fingerprint density at radius 1 is 1.16 bits per heavy atom. The Balaban J connectivity index is 1.82. The lowest BCUT2D eigenvalue weighted by molar-refractivity contribution is 0.608. The summed E-state index contributed by atoms with van der Waals surface area (Å²) < 4.78 is 0. The second-order valence-corrected chi connectivity index (χ2v) is 5.40. The molecule has 0 unspecified atom stereocenters. The molecule has 19 heavy (non-hydrogen) atoms. The van der Waals surface area contributed by atoms with Crippen molar-refractivity contribution in [2.45, 2.75) is 18.4 Å². The molecule has 1 aliphatic rings. The number of aliphatic imine (C=N–C) groups is 1. The summed E-state index contributed by atoms with van der Waals surface area (Å²) in [6.07, 6.45) is 1.10. The van der Waals surface area contributed by atoms with E-state index in [1.54, 1.807) is 0 Å². The van der Waals surface area contributed by atoms with Crippen LogP contribution in [-0.4, -0.2) is 31.0 Å². The van der Waals surface area contributed by atoms with Gasteiger partial charge in [0.05, 0.1) is 6.04 Å². The fourth-order valence-electron chi connectivity index (χ4n) is 2.41. The molecule has 2 atom stereocenters. The maximum absolute atomic E-state index is 5.86. The standard InChI is InChI=1S/C16H19N3/c1-19(2)16(17)18-15-10-14(15)13-8-7-11-5-3-4-6-12(11)9-13/h3-9,14-15H,10H2,1-2H3,(H2,17,18)/t14-,15+/m0/s1. The first-order chi connectivity index (χ1) is 9.15. The summed E-state index contributed by atoms with van der Waals surface area (Å²) in [5.41, 5.74) is 7.24. The molecule has 0 aromatic heterocycles. The number of guanidine groups is 1. The van der Waals surface area contributed by atoms with Crippen LogP contribution in [0.5, 0.6) is 0 Å².